The lowest BCUT2D eigenvalue weighted by Crippen LogP contribution is -2.63. The number of esters is 2. The Morgan fingerprint density at radius 2 is 1.63 bits per heavy atom. The van der Waals surface area contributed by atoms with Crippen LogP contribution in [0.5, 0.6) is 0 Å². The van der Waals surface area contributed by atoms with Crippen LogP contribution < -0.4 is 0 Å². The van der Waals surface area contributed by atoms with Gasteiger partial charge in [0.15, 0.2) is 18.5 Å². The lowest BCUT2D eigenvalue weighted by atomic mass is 9.95. The van der Waals surface area contributed by atoms with E-state index < -0.39 is 53.5 Å². The summed E-state index contributed by atoms with van der Waals surface area (Å²) in [5.41, 5.74) is -0.564. The number of fused-ring (bicyclic) bond motifs is 1. The van der Waals surface area contributed by atoms with Crippen LogP contribution in [0, 0.1) is 5.41 Å². The second-order valence-corrected chi connectivity index (χ2v) is 11.1. The van der Waals surface area contributed by atoms with Crippen molar-refractivity contribution in [2.45, 2.75) is 61.8 Å². The van der Waals surface area contributed by atoms with Crippen LogP contribution in [0.25, 0.3) is 0 Å². The quantitative estimate of drug-likeness (QED) is 0.362. The molecule has 2 aromatic rings. The highest BCUT2D eigenvalue weighted by atomic mass is 79.9. The fourth-order valence-electron chi connectivity index (χ4n) is 3.80. The number of benzene rings is 2. The molecule has 0 radical (unpaired) electrons. The summed E-state index contributed by atoms with van der Waals surface area (Å²) in [5.74, 6) is -0.906. The third-order valence-corrected chi connectivity index (χ3v) is 7.20. The predicted octanol–water partition coefficient (Wildman–Crippen LogP) is 4.88. The Hall–Kier alpha value is -1.91. The van der Waals surface area contributed by atoms with Crippen LogP contribution in [0.15, 0.2) is 65.6 Å². The van der Waals surface area contributed by atoms with Crippen molar-refractivity contribution in [3.05, 3.63) is 66.2 Å². The number of halogens is 1. The number of hydrogen-bond donors (Lipinski definition) is 0. The number of ether oxygens (including phenoxy) is 5. The topological polar surface area (TPSA) is 80.3 Å². The standard InChI is InChI=1S/C26H29BrO7S/c1-26(2,3)25(29)34-21-20-18(15-30-23(33-20)16-10-6-4-7-11-16)31-24(22(21)32-19(28)14-27)35-17-12-8-5-9-13-17/h4-13,18,20-24H,14-15H2,1-3H3/t18?,20-,21?,22?,23?,24+/m1/s1. The normalized spacial score (nSPS) is 28.6. The van der Waals surface area contributed by atoms with Gasteiger partial charge in [0.25, 0.3) is 0 Å². The number of carbonyl (C=O) groups is 2. The highest BCUT2D eigenvalue weighted by molar-refractivity contribution is 9.09. The third-order valence-electron chi connectivity index (χ3n) is 5.58. The molecule has 0 bridgehead atoms. The third kappa shape index (κ3) is 6.46. The summed E-state index contributed by atoms with van der Waals surface area (Å²) in [6.45, 7) is 5.57. The number of alkyl halides is 1. The maximum absolute atomic E-state index is 13.0. The second kappa shape index (κ2) is 11.4. The van der Waals surface area contributed by atoms with E-state index in [9.17, 15) is 9.59 Å². The fraction of sp³-hybridized carbons (Fsp3) is 0.462. The molecule has 6 atom stereocenters. The zero-order valence-corrected chi connectivity index (χ0v) is 22.2. The van der Waals surface area contributed by atoms with Gasteiger partial charge in [-0.3, -0.25) is 9.59 Å². The largest absolute Gasteiger partial charge is 0.455 e. The first-order valence-electron chi connectivity index (χ1n) is 11.4. The van der Waals surface area contributed by atoms with Crippen LogP contribution in [0.3, 0.4) is 0 Å². The zero-order valence-electron chi connectivity index (χ0n) is 19.8. The van der Waals surface area contributed by atoms with Gasteiger partial charge in [-0.2, -0.15) is 0 Å². The first-order valence-corrected chi connectivity index (χ1v) is 13.4. The van der Waals surface area contributed by atoms with Crippen LogP contribution in [-0.2, 0) is 33.3 Å². The molecular weight excluding hydrogens is 536 g/mol. The second-order valence-electron chi connectivity index (χ2n) is 9.36. The van der Waals surface area contributed by atoms with E-state index in [2.05, 4.69) is 15.9 Å². The van der Waals surface area contributed by atoms with Crippen molar-refractivity contribution in [3.63, 3.8) is 0 Å². The fourth-order valence-corrected chi connectivity index (χ4v) is 5.05. The van der Waals surface area contributed by atoms with Crippen molar-refractivity contribution in [3.8, 4) is 0 Å². The highest BCUT2D eigenvalue weighted by Gasteiger charge is 2.54. The van der Waals surface area contributed by atoms with E-state index in [0.717, 1.165) is 10.5 Å². The molecule has 2 aliphatic rings. The maximum Gasteiger partial charge on any atom is 0.317 e. The number of hydrogen-bond acceptors (Lipinski definition) is 8. The van der Waals surface area contributed by atoms with E-state index in [1.807, 2.05) is 60.7 Å². The molecule has 0 saturated carbocycles. The van der Waals surface area contributed by atoms with Crippen LogP contribution in [-0.4, -0.2) is 53.7 Å². The average molecular weight is 565 g/mol. The van der Waals surface area contributed by atoms with Gasteiger partial charge in [0.05, 0.1) is 12.0 Å². The summed E-state index contributed by atoms with van der Waals surface area (Å²) >= 11 is 4.56. The van der Waals surface area contributed by atoms with Gasteiger partial charge in [-0.25, -0.2) is 0 Å². The molecule has 4 rings (SSSR count). The van der Waals surface area contributed by atoms with E-state index in [4.69, 9.17) is 23.7 Å². The Morgan fingerprint density at radius 3 is 2.26 bits per heavy atom. The molecule has 0 spiro atoms. The van der Waals surface area contributed by atoms with Gasteiger partial charge >= 0.3 is 11.9 Å². The van der Waals surface area contributed by atoms with Crippen LogP contribution in [0.1, 0.15) is 32.6 Å². The molecule has 2 saturated heterocycles. The van der Waals surface area contributed by atoms with Gasteiger partial charge < -0.3 is 23.7 Å². The maximum atomic E-state index is 13.0. The van der Waals surface area contributed by atoms with E-state index in [1.54, 1.807) is 20.8 Å². The van der Waals surface area contributed by atoms with Gasteiger partial charge in [0.2, 0.25) is 0 Å². The molecule has 0 aromatic heterocycles. The van der Waals surface area contributed by atoms with Crippen molar-refractivity contribution in [2.24, 2.45) is 5.41 Å². The molecular formula is C26H29BrO7S. The number of carbonyl (C=O) groups excluding carboxylic acids is 2. The monoisotopic (exact) mass is 564 g/mol. The summed E-state index contributed by atoms with van der Waals surface area (Å²) in [6, 6.07) is 19.2. The van der Waals surface area contributed by atoms with E-state index in [0.29, 0.717) is 0 Å². The van der Waals surface area contributed by atoms with Crippen molar-refractivity contribution < 1.29 is 33.3 Å². The summed E-state index contributed by atoms with van der Waals surface area (Å²) in [6.07, 6.45) is -3.66. The summed E-state index contributed by atoms with van der Waals surface area (Å²) < 4.78 is 30.5. The van der Waals surface area contributed by atoms with Crippen LogP contribution >= 0.6 is 27.7 Å². The van der Waals surface area contributed by atoms with E-state index in [-0.39, 0.29) is 11.9 Å². The highest BCUT2D eigenvalue weighted by Crippen LogP contribution is 2.41. The molecule has 7 nitrogen and oxygen atoms in total. The zero-order chi connectivity index (χ0) is 25.0. The lowest BCUT2D eigenvalue weighted by molar-refractivity contribution is -0.321. The molecule has 2 aliphatic heterocycles. The Morgan fingerprint density at radius 1 is 0.971 bits per heavy atom. The molecule has 188 valence electrons. The summed E-state index contributed by atoms with van der Waals surface area (Å²) in [4.78, 5) is 26.4. The molecule has 9 heteroatoms. The first-order chi connectivity index (χ1) is 16.8. The molecule has 0 aliphatic carbocycles. The van der Waals surface area contributed by atoms with E-state index >= 15 is 0 Å². The molecule has 35 heavy (non-hydrogen) atoms. The number of rotatable bonds is 6. The van der Waals surface area contributed by atoms with Crippen LogP contribution in [0.2, 0.25) is 0 Å². The minimum Gasteiger partial charge on any atom is -0.455 e. The van der Waals surface area contributed by atoms with Gasteiger partial charge in [0, 0.05) is 10.5 Å². The minimum absolute atomic E-state index is 0.00311. The molecule has 2 fully saturated rings. The molecule has 2 aromatic carbocycles. The van der Waals surface area contributed by atoms with Gasteiger partial charge in [0.1, 0.15) is 23.0 Å². The minimum atomic E-state index is -0.896. The summed E-state index contributed by atoms with van der Waals surface area (Å²) in [5, 5.41) is -0.00311. The van der Waals surface area contributed by atoms with Crippen molar-refractivity contribution in [1.29, 1.82) is 0 Å². The van der Waals surface area contributed by atoms with Crippen molar-refractivity contribution >= 4 is 39.6 Å². The number of thioether (sulfide) groups is 1. The summed E-state index contributed by atoms with van der Waals surface area (Å²) in [7, 11) is 0. The molecule has 0 amide bonds. The van der Waals surface area contributed by atoms with Gasteiger partial charge in [-0.05, 0) is 32.9 Å². The SMILES string of the molecule is CC(C)(C)C(=O)OC1C(OC(=O)CBr)[C@H](Sc2ccccc2)OC2COC(c3ccccc3)O[C@H]21. The Kier molecular flexibility index (Phi) is 8.54. The van der Waals surface area contributed by atoms with Crippen molar-refractivity contribution in [2.75, 3.05) is 11.9 Å². The lowest BCUT2D eigenvalue weighted by Gasteiger charge is -2.48. The Labute approximate surface area is 217 Å². The Bertz CT molecular complexity index is 998. The predicted molar refractivity (Wildman–Crippen MR) is 134 cm³/mol. The molecule has 0 N–H and O–H groups in total. The van der Waals surface area contributed by atoms with Crippen molar-refractivity contribution in [1.82, 2.24) is 0 Å². The van der Waals surface area contributed by atoms with Gasteiger partial charge in [-0.15, -0.1) is 0 Å². The van der Waals surface area contributed by atoms with Crippen LogP contribution in [0.4, 0.5) is 0 Å². The molecule has 4 unspecified atom stereocenters. The van der Waals surface area contributed by atoms with E-state index in [1.165, 1.54) is 11.8 Å². The first kappa shape index (κ1) is 26.2. The Balaban J connectivity index is 1.67. The smallest absolute Gasteiger partial charge is 0.317 e. The average Bonchev–Trinajstić information content (AvgIpc) is 2.86. The van der Waals surface area contributed by atoms with Gasteiger partial charge in [-0.1, -0.05) is 76.2 Å². The molecule has 2 heterocycles.